The van der Waals surface area contributed by atoms with Gasteiger partial charge < -0.3 is 15.7 Å². The number of hydrogen-bond donors (Lipinski definition) is 3. The SMILES string of the molecule is CC(NC(=O)Nc1cncc(C(=O)O)c1)c1ccccc1. The molecule has 6 nitrogen and oxygen atoms in total. The number of carboxylic acid groups (broad SMARTS) is 1. The van der Waals surface area contributed by atoms with Crippen molar-refractivity contribution in [2.24, 2.45) is 0 Å². The molecule has 1 aromatic heterocycles. The maximum Gasteiger partial charge on any atom is 0.337 e. The summed E-state index contributed by atoms with van der Waals surface area (Å²) >= 11 is 0. The molecular weight excluding hydrogens is 270 g/mol. The number of anilines is 1. The van der Waals surface area contributed by atoms with E-state index >= 15 is 0 Å². The molecule has 21 heavy (non-hydrogen) atoms. The number of urea groups is 1. The average Bonchev–Trinajstić information content (AvgIpc) is 2.48. The zero-order valence-electron chi connectivity index (χ0n) is 11.4. The molecule has 0 aliphatic carbocycles. The smallest absolute Gasteiger partial charge is 0.337 e. The minimum atomic E-state index is -1.09. The van der Waals surface area contributed by atoms with Gasteiger partial charge in [-0.2, -0.15) is 0 Å². The second-order valence-electron chi connectivity index (χ2n) is 4.50. The molecule has 1 atom stereocenters. The van der Waals surface area contributed by atoms with Crippen LogP contribution < -0.4 is 10.6 Å². The number of nitrogens with zero attached hydrogens (tertiary/aromatic N) is 1. The van der Waals surface area contributed by atoms with Gasteiger partial charge in [-0.05, 0) is 18.6 Å². The number of carbonyl (C=O) groups is 2. The Balaban J connectivity index is 1.99. The molecule has 0 saturated heterocycles. The van der Waals surface area contributed by atoms with E-state index in [2.05, 4.69) is 15.6 Å². The van der Waals surface area contributed by atoms with E-state index in [0.29, 0.717) is 5.69 Å². The number of aromatic carboxylic acids is 1. The summed E-state index contributed by atoms with van der Waals surface area (Å²) in [7, 11) is 0. The molecule has 0 spiro atoms. The summed E-state index contributed by atoms with van der Waals surface area (Å²) in [5.74, 6) is -1.09. The predicted molar refractivity (Wildman–Crippen MR) is 78.2 cm³/mol. The standard InChI is InChI=1S/C15H15N3O3/c1-10(11-5-3-2-4-6-11)17-15(21)18-13-7-12(14(19)20)8-16-9-13/h2-10H,1H3,(H,19,20)(H2,17,18,21). The molecule has 1 unspecified atom stereocenters. The van der Waals surface area contributed by atoms with Gasteiger partial charge in [-0.3, -0.25) is 4.98 Å². The van der Waals surface area contributed by atoms with Crippen molar-refractivity contribution in [3.63, 3.8) is 0 Å². The number of benzene rings is 1. The summed E-state index contributed by atoms with van der Waals surface area (Å²) in [5, 5.41) is 14.2. The van der Waals surface area contributed by atoms with Gasteiger partial charge in [0.1, 0.15) is 0 Å². The van der Waals surface area contributed by atoms with Crippen molar-refractivity contribution in [3.05, 3.63) is 59.9 Å². The maximum absolute atomic E-state index is 11.9. The molecule has 0 aliphatic heterocycles. The van der Waals surface area contributed by atoms with Gasteiger partial charge in [0, 0.05) is 6.20 Å². The second kappa shape index (κ2) is 6.51. The summed E-state index contributed by atoms with van der Waals surface area (Å²) in [5.41, 5.74) is 1.32. The van der Waals surface area contributed by atoms with Crippen LogP contribution in [0.5, 0.6) is 0 Å². The van der Waals surface area contributed by atoms with Crippen LogP contribution in [0.2, 0.25) is 0 Å². The fourth-order valence-electron chi connectivity index (χ4n) is 1.81. The molecule has 0 fully saturated rings. The van der Waals surface area contributed by atoms with E-state index in [1.54, 1.807) is 0 Å². The van der Waals surface area contributed by atoms with Crippen molar-refractivity contribution < 1.29 is 14.7 Å². The van der Waals surface area contributed by atoms with Crippen molar-refractivity contribution in [2.45, 2.75) is 13.0 Å². The number of nitrogens with one attached hydrogen (secondary N) is 2. The van der Waals surface area contributed by atoms with Crippen molar-refractivity contribution >= 4 is 17.7 Å². The minimum absolute atomic E-state index is 0.0175. The molecule has 108 valence electrons. The van der Waals surface area contributed by atoms with Crippen molar-refractivity contribution in [1.29, 1.82) is 0 Å². The molecule has 3 N–H and O–H groups in total. The highest BCUT2D eigenvalue weighted by Crippen LogP contribution is 2.12. The lowest BCUT2D eigenvalue weighted by Crippen LogP contribution is -2.31. The molecule has 2 amide bonds. The minimum Gasteiger partial charge on any atom is -0.478 e. The second-order valence-corrected chi connectivity index (χ2v) is 4.50. The van der Waals surface area contributed by atoms with Crippen LogP contribution in [0, 0.1) is 0 Å². The Labute approximate surface area is 121 Å². The maximum atomic E-state index is 11.9. The molecule has 0 radical (unpaired) electrons. The van der Waals surface area contributed by atoms with Gasteiger partial charge in [0.15, 0.2) is 0 Å². The van der Waals surface area contributed by atoms with Gasteiger partial charge >= 0.3 is 12.0 Å². The van der Waals surface area contributed by atoms with Gasteiger partial charge in [-0.15, -0.1) is 0 Å². The van der Waals surface area contributed by atoms with Crippen LogP contribution in [-0.4, -0.2) is 22.1 Å². The van der Waals surface area contributed by atoms with Crippen LogP contribution in [0.4, 0.5) is 10.5 Å². The van der Waals surface area contributed by atoms with Crippen LogP contribution in [-0.2, 0) is 0 Å². The van der Waals surface area contributed by atoms with E-state index in [1.807, 2.05) is 37.3 Å². The highest BCUT2D eigenvalue weighted by molar-refractivity contribution is 5.92. The first-order valence-corrected chi connectivity index (χ1v) is 6.37. The van der Waals surface area contributed by atoms with Crippen LogP contribution in [0.15, 0.2) is 48.8 Å². The van der Waals surface area contributed by atoms with Gasteiger partial charge in [0.05, 0.1) is 23.5 Å². The highest BCUT2D eigenvalue weighted by Gasteiger charge is 2.10. The molecule has 1 heterocycles. The zero-order chi connectivity index (χ0) is 15.2. The summed E-state index contributed by atoms with van der Waals surface area (Å²) < 4.78 is 0. The lowest BCUT2D eigenvalue weighted by atomic mass is 10.1. The summed E-state index contributed by atoms with van der Waals surface area (Å²) in [6, 6.07) is 10.3. The Morgan fingerprint density at radius 1 is 1.19 bits per heavy atom. The van der Waals surface area contributed by atoms with E-state index in [4.69, 9.17) is 5.11 Å². The molecule has 2 aromatic rings. The Morgan fingerprint density at radius 3 is 2.57 bits per heavy atom. The molecular formula is C15H15N3O3. The topological polar surface area (TPSA) is 91.3 Å². The van der Waals surface area contributed by atoms with Crippen molar-refractivity contribution in [2.75, 3.05) is 5.32 Å². The number of rotatable bonds is 4. The molecule has 1 aromatic carbocycles. The number of aromatic nitrogens is 1. The van der Waals surface area contributed by atoms with E-state index in [9.17, 15) is 9.59 Å². The Hall–Kier alpha value is -2.89. The summed E-state index contributed by atoms with van der Waals surface area (Å²) in [6.45, 7) is 1.86. The lowest BCUT2D eigenvalue weighted by Gasteiger charge is -2.15. The lowest BCUT2D eigenvalue weighted by molar-refractivity contribution is 0.0696. The fraction of sp³-hybridized carbons (Fsp3) is 0.133. The van der Waals surface area contributed by atoms with Crippen LogP contribution in [0.1, 0.15) is 28.9 Å². The fourth-order valence-corrected chi connectivity index (χ4v) is 1.81. The molecule has 2 rings (SSSR count). The van der Waals surface area contributed by atoms with Gasteiger partial charge in [0.2, 0.25) is 0 Å². The number of pyridine rings is 1. The Kier molecular flexibility index (Phi) is 4.50. The third-order valence-electron chi connectivity index (χ3n) is 2.89. The van der Waals surface area contributed by atoms with Crippen molar-refractivity contribution in [1.82, 2.24) is 10.3 Å². The average molecular weight is 285 g/mol. The molecule has 6 heteroatoms. The van der Waals surface area contributed by atoms with Crippen LogP contribution in [0.25, 0.3) is 0 Å². The molecule has 0 aliphatic rings. The van der Waals surface area contributed by atoms with Crippen LogP contribution >= 0.6 is 0 Å². The first kappa shape index (κ1) is 14.5. The van der Waals surface area contributed by atoms with E-state index in [1.165, 1.54) is 18.5 Å². The predicted octanol–water partition coefficient (Wildman–Crippen LogP) is 2.66. The number of carbonyl (C=O) groups excluding carboxylic acids is 1. The summed E-state index contributed by atoms with van der Waals surface area (Å²) in [6.07, 6.45) is 2.61. The van der Waals surface area contributed by atoms with Gasteiger partial charge in [-0.1, -0.05) is 30.3 Å². The number of amides is 2. The van der Waals surface area contributed by atoms with E-state index < -0.39 is 12.0 Å². The quantitative estimate of drug-likeness (QED) is 0.805. The van der Waals surface area contributed by atoms with Gasteiger partial charge in [0.25, 0.3) is 0 Å². The Bertz CT molecular complexity index is 644. The highest BCUT2D eigenvalue weighted by atomic mass is 16.4. The van der Waals surface area contributed by atoms with E-state index in [-0.39, 0.29) is 11.6 Å². The monoisotopic (exact) mass is 285 g/mol. The van der Waals surface area contributed by atoms with Crippen LogP contribution in [0.3, 0.4) is 0 Å². The zero-order valence-corrected chi connectivity index (χ0v) is 11.4. The normalized spacial score (nSPS) is 11.5. The number of hydrogen-bond acceptors (Lipinski definition) is 3. The third-order valence-corrected chi connectivity index (χ3v) is 2.89. The first-order valence-electron chi connectivity index (χ1n) is 6.37. The largest absolute Gasteiger partial charge is 0.478 e. The summed E-state index contributed by atoms with van der Waals surface area (Å²) in [4.78, 5) is 26.5. The van der Waals surface area contributed by atoms with Crippen molar-refractivity contribution in [3.8, 4) is 0 Å². The first-order chi connectivity index (χ1) is 10.1. The molecule has 0 bridgehead atoms. The van der Waals surface area contributed by atoms with Gasteiger partial charge in [-0.25, -0.2) is 9.59 Å². The molecule has 0 saturated carbocycles. The number of carboxylic acids is 1. The third kappa shape index (κ3) is 4.04. The Morgan fingerprint density at radius 2 is 1.90 bits per heavy atom. The van der Waals surface area contributed by atoms with E-state index in [0.717, 1.165) is 5.56 Å².